The van der Waals surface area contributed by atoms with Crippen LogP contribution in [-0.4, -0.2) is 27.9 Å². The van der Waals surface area contributed by atoms with Gasteiger partial charge in [-0.1, -0.05) is 30.0 Å². The number of anilines is 1. The summed E-state index contributed by atoms with van der Waals surface area (Å²) in [6, 6.07) is 9.08. The van der Waals surface area contributed by atoms with E-state index in [0.29, 0.717) is 16.8 Å². The average molecular weight is 291 g/mol. The third-order valence-corrected chi connectivity index (χ3v) is 3.13. The summed E-state index contributed by atoms with van der Waals surface area (Å²) in [5.74, 6) is 1.78. The maximum absolute atomic E-state index is 9.31. The van der Waals surface area contributed by atoms with E-state index in [-0.39, 0.29) is 6.61 Å². The SMILES string of the molecule is CCNc1cc(Oc2ccccc2CO)nc(SC)n1. The molecule has 1 aromatic carbocycles. The number of aliphatic hydroxyl groups is 1. The molecule has 2 aromatic rings. The molecule has 1 heterocycles. The number of hydrogen-bond acceptors (Lipinski definition) is 6. The molecule has 0 aliphatic carbocycles. The summed E-state index contributed by atoms with van der Waals surface area (Å²) >= 11 is 1.45. The molecule has 2 rings (SSSR count). The summed E-state index contributed by atoms with van der Waals surface area (Å²) in [6.07, 6.45) is 1.91. The van der Waals surface area contributed by atoms with Crippen LogP contribution in [0.1, 0.15) is 12.5 Å². The average Bonchev–Trinajstić information content (AvgIpc) is 2.48. The number of aliphatic hydroxyl groups excluding tert-OH is 1. The van der Waals surface area contributed by atoms with Crippen molar-refractivity contribution in [3.05, 3.63) is 35.9 Å². The van der Waals surface area contributed by atoms with Gasteiger partial charge < -0.3 is 15.2 Å². The number of nitrogens with zero attached hydrogens (tertiary/aromatic N) is 2. The summed E-state index contributed by atoms with van der Waals surface area (Å²) in [7, 11) is 0. The zero-order valence-corrected chi connectivity index (χ0v) is 12.3. The minimum Gasteiger partial charge on any atom is -0.438 e. The predicted octanol–water partition coefficient (Wildman–Crippen LogP) is 2.91. The second kappa shape index (κ2) is 7.12. The van der Waals surface area contributed by atoms with Crippen molar-refractivity contribution in [1.82, 2.24) is 9.97 Å². The fourth-order valence-corrected chi connectivity index (χ4v) is 2.04. The number of rotatable bonds is 6. The van der Waals surface area contributed by atoms with Crippen molar-refractivity contribution in [1.29, 1.82) is 0 Å². The van der Waals surface area contributed by atoms with E-state index in [1.165, 1.54) is 11.8 Å². The number of nitrogens with one attached hydrogen (secondary N) is 1. The van der Waals surface area contributed by atoms with Gasteiger partial charge in [-0.25, -0.2) is 4.98 Å². The Bertz CT molecular complexity index is 578. The first kappa shape index (κ1) is 14.6. The molecule has 20 heavy (non-hydrogen) atoms. The van der Waals surface area contributed by atoms with Gasteiger partial charge in [0.1, 0.15) is 11.6 Å². The lowest BCUT2D eigenvalue weighted by atomic mass is 10.2. The van der Waals surface area contributed by atoms with E-state index in [1.54, 1.807) is 12.1 Å². The van der Waals surface area contributed by atoms with Crippen LogP contribution in [0.2, 0.25) is 0 Å². The number of ether oxygens (including phenoxy) is 1. The molecule has 0 saturated heterocycles. The molecule has 0 aliphatic heterocycles. The third-order valence-electron chi connectivity index (χ3n) is 2.58. The molecule has 0 aliphatic rings. The van der Waals surface area contributed by atoms with E-state index in [4.69, 9.17) is 4.74 Å². The van der Waals surface area contributed by atoms with Gasteiger partial charge in [0.15, 0.2) is 5.16 Å². The molecule has 0 fully saturated rings. The van der Waals surface area contributed by atoms with Gasteiger partial charge >= 0.3 is 0 Å². The van der Waals surface area contributed by atoms with E-state index < -0.39 is 0 Å². The molecule has 0 amide bonds. The van der Waals surface area contributed by atoms with Crippen molar-refractivity contribution in [3.8, 4) is 11.6 Å². The Kier molecular flexibility index (Phi) is 5.20. The van der Waals surface area contributed by atoms with Crippen LogP contribution in [0.3, 0.4) is 0 Å². The minimum atomic E-state index is -0.0727. The highest BCUT2D eigenvalue weighted by Crippen LogP contribution is 2.26. The minimum absolute atomic E-state index is 0.0727. The Morgan fingerprint density at radius 1 is 1.30 bits per heavy atom. The van der Waals surface area contributed by atoms with Crippen LogP contribution in [0.5, 0.6) is 11.6 Å². The largest absolute Gasteiger partial charge is 0.438 e. The Labute approximate surface area is 122 Å². The first-order chi connectivity index (χ1) is 9.76. The zero-order valence-electron chi connectivity index (χ0n) is 11.5. The number of aromatic nitrogens is 2. The Hall–Kier alpha value is -1.79. The van der Waals surface area contributed by atoms with Gasteiger partial charge in [0.25, 0.3) is 0 Å². The zero-order chi connectivity index (χ0) is 14.4. The van der Waals surface area contributed by atoms with Crippen molar-refractivity contribution in [2.45, 2.75) is 18.7 Å². The van der Waals surface area contributed by atoms with E-state index in [1.807, 2.05) is 31.4 Å². The van der Waals surface area contributed by atoms with Gasteiger partial charge in [-0.15, -0.1) is 0 Å². The number of thioether (sulfide) groups is 1. The highest BCUT2D eigenvalue weighted by Gasteiger charge is 2.08. The first-order valence-corrected chi connectivity index (χ1v) is 7.52. The lowest BCUT2D eigenvalue weighted by Crippen LogP contribution is -2.02. The summed E-state index contributed by atoms with van der Waals surface area (Å²) < 4.78 is 5.77. The van der Waals surface area contributed by atoms with Crippen LogP contribution >= 0.6 is 11.8 Å². The molecule has 0 unspecified atom stereocenters. The van der Waals surface area contributed by atoms with Crippen molar-refractivity contribution in [2.24, 2.45) is 0 Å². The number of benzene rings is 1. The fraction of sp³-hybridized carbons (Fsp3) is 0.286. The van der Waals surface area contributed by atoms with Gasteiger partial charge in [0.2, 0.25) is 5.88 Å². The fourth-order valence-electron chi connectivity index (χ4n) is 1.67. The smallest absolute Gasteiger partial charge is 0.225 e. The predicted molar refractivity (Wildman–Crippen MR) is 80.4 cm³/mol. The topological polar surface area (TPSA) is 67.3 Å². The van der Waals surface area contributed by atoms with E-state index in [2.05, 4.69) is 15.3 Å². The van der Waals surface area contributed by atoms with Crippen LogP contribution < -0.4 is 10.1 Å². The standard InChI is InChI=1S/C14H17N3O2S/c1-3-15-12-8-13(17-14(16-12)20-2)19-11-7-5-4-6-10(11)9-18/h4-8,18H,3,9H2,1-2H3,(H,15,16,17). The molecule has 0 atom stereocenters. The summed E-state index contributed by atoms with van der Waals surface area (Å²) in [6.45, 7) is 2.71. The maximum Gasteiger partial charge on any atom is 0.225 e. The van der Waals surface area contributed by atoms with Crippen LogP contribution in [0.15, 0.2) is 35.5 Å². The molecule has 106 valence electrons. The Morgan fingerprint density at radius 3 is 2.80 bits per heavy atom. The monoisotopic (exact) mass is 291 g/mol. The van der Waals surface area contributed by atoms with Crippen LogP contribution in [0.25, 0.3) is 0 Å². The van der Waals surface area contributed by atoms with Gasteiger partial charge in [-0.05, 0) is 19.2 Å². The molecular weight excluding hydrogens is 274 g/mol. The molecule has 0 radical (unpaired) electrons. The second-order valence-corrected chi connectivity index (χ2v) is 4.75. The Balaban J connectivity index is 2.30. The van der Waals surface area contributed by atoms with Gasteiger partial charge in [0, 0.05) is 18.2 Å². The maximum atomic E-state index is 9.31. The first-order valence-electron chi connectivity index (χ1n) is 6.30. The number of hydrogen-bond donors (Lipinski definition) is 2. The molecular formula is C14H17N3O2S. The third kappa shape index (κ3) is 3.61. The molecule has 2 N–H and O–H groups in total. The quantitative estimate of drug-likeness (QED) is 0.630. The van der Waals surface area contributed by atoms with Crippen LogP contribution in [0.4, 0.5) is 5.82 Å². The molecule has 1 aromatic heterocycles. The highest BCUT2D eigenvalue weighted by molar-refractivity contribution is 7.98. The molecule has 0 saturated carbocycles. The van der Waals surface area contributed by atoms with Crippen LogP contribution in [-0.2, 0) is 6.61 Å². The van der Waals surface area contributed by atoms with E-state index in [0.717, 1.165) is 17.9 Å². The molecule has 0 bridgehead atoms. The van der Waals surface area contributed by atoms with Crippen LogP contribution in [0, 0.1) is 0 Å². The number of para-hydroxylation sites is 1. The second-order valence-electron chi connectivity index (χ2n) is 3.98. The van der Waals surface area contributed by atoms with Crippen molar-refractivity contribution in [3.63, 3.8) is 0 Å². The summed E-state index contributed by atoms with van der Waals surface area (Å²) in [5.41, 5.74) is 0.724. The molecule has 0 spiro atoms. The van der Waals surface area contributed by atoms with Gasteiger partial charge in [-0.3, -0.25) is 0 Å². The van der Waals surface area contributed by atoms with Gasteiger partial charge in [-0.2, -0.15) is 4.98 Å². The van der Waals surface area contributed by atoms with Crippen molar-refractivity contribution in [2.75, 3.05) is 18.1 Å². The van der Waals surface area contributed by atoms with Crippen molar-refractivity contribution >= 4 is 17.6 Å². The molecule has 6 heteroatoms. The van der Waals surface area contributed by atoms with E-state index in [9.17, 15) is 5.11 Å². The molecule has 5 nitrogen and oxygen atoms in total. The summed E-state index contributed by atoms with van der Waals surface area (Å²) in [4.78, 5) is 8.65. The summed E-state index contributed by atoms with van der Waals surface area (Å²) in [5, 5.41) is 13.1. The lowest BCUT2D eigenvalue weighted by molar-refractivity contribution is 0.276. The van der Waals surface area contributed by atoms with Crippen molar-refractivity contribution < 1.29 is 9.84 Å². The van der Waals surface area contributed by atoms with E-state index >= 15 is 0 Å². The lowest BCUT2D eigenvalue weighted by Gasteiger charge is -2.11. The van der Waals surface area contributed by atoms with Gasteiger partial charge in [0.05, 0.1) is 6.61 Å². The highest BCUT2D eigenvalue weighted by atomic mass is 32.2. The normalized spacial score (nSPS) is 10.3. The Morgan fingerprint density at radius 2 is 2.10 bits per heavy atom.